The number of hydrogen-bond donors (Lipinski definition) is 2. The molecule has 0 radical (unpaired) electrons. The van der Waals surface area contributed by atoms with Crippen molar-refractivity contribution < 1.29 is 32.6 Å². The zero-order chi connectivity index (χ0) is 34.6. The van der Waals surface area contributed by atoms with Gasteiger partial charge in [-0.3, -0.25) is 9.59 Å². The molecular formula is C35H49ClN4O7S. The summed E-state index contributed by atoms with van der Waals surface area (Å²) in [6.45, 7) is 2.15. The summed E-state index contributed by atoms with van der Waals surface area (Å²) in [6.07, 6.45) is 14.9. The molecule has 0 aromatic heterocycles. The molecule has 2 amide bonds. The van der Waals surface area contributed by atoms with Crippen LogP contribution in [0.2, 0.25) is 0 Å². The van der Waals surface area contributed by atoms with E-state index in [2.05, 4.69) is 23.1 Å². The van der Waals surface area contributed by atoms with Crippen LogP contribution in [0.25, 0.3) is 0 Å². The summed E-state index contributed by atoms with van der Waals surface area (Å²) in [7, 11) is 1.62. The Hall–Kier alpha value is -2.90. The number of benzene rings is 1. The lowest BCUT2D eigenvalue weighted by Gasteiger charge is -2.43. The van der Waals surface area contributed by atoms with Gasteiger partial charge in [0.25, 0.3) is 5.91 Å². The maximum absolute atomic E-state index is 13.8. The van der Waals surface area contributed by atoms with Gasteiger partial charge in [0.1, 0.15) is 5.75 Å². The zero-order valence-electron chi connectivity index (χ0n) is 28.3. The number of halogens is 1. The van der Waals surface area contributed by atoms with Gasteiger partial charge in [-0.15, -0.1) is 0 Å². The summed E-state index contributed by atoms with van der Waals surface area (Å²) in [5.41, 5.74) is -1.70. The van der Waals surface area contributed by atoms with Gasteiger partial charge in [0, 0.05) is 58.8 Å². The third-order valence-corrected chi connectivity index (χ3v) is 12.0. The van der Waals surface area contributed by atoms with Crippen LogP contribution in [0.5, 0.6) is 5.75 Å². The lowest BCUT2D eigenvalue weighted by Crippen LogP contribution is -2.51. The number of amides is 2. The van der Waals surface area contributed by atoms with E-state index in [1.54, 1.807) is 32.4 Å². The van der Waals surface area contributed by atoms with Gasteiger partial charge in [0.15, 0.2) is 5.60 Å². The maximum atomic E-state index is 13.8. The Morgan fingerprint density at radius 3 is 2.65 bits per heavy atom. The molecule has 1 fully saturated rings. The van der Waals surface area contributed by atoms with Crippen molar-refractivity contribution in [1.29, 1.82) is 0 Å². The van der Waals surface area contributed by atoms with Gasteiger partial charge >= 0.3 is 10.2 Å². The van der Waals surface area contributed by atoms with Crippen molar-refractivity contribution in [3.05, 3.63) is 59.2 Å². The summed E-state index contributed by atoms with van der Waals surface area (Å²) in [6, 6.07) is 4.96. The molecule has 2 bridgehead atoms. The normalized spacial score (nSPS) is 30.9. The summed E-state index contributed by atoms with van der Waals surface area (Å²) < 4.78 is 40.8. The van der Waals surface area contributed by atoms with Crippen LogP contribution in [0.3, 0.4) is 0 Å². The van der Waals surface area contributed by atoms with Crippen LogP contribution in [0.1, 0.15) is 50.5 Å². The van der Waals surface area contributed by atoms with Crippen molar-refractivity contribution in [2.75, 3.05) is 59.4 Å². The molecule has 2 heterocycles. The summed E-state index contributed by atoms with van der Waals surface area (Å²) in [5, 5.41) is 12.9. The molecule has 6 atom stereocenters. The number of ether oxygens (including phenoxy) is 2. The van der Waals surface area contributed by atoms with Crippen LogP contribution >= 0.6 is 11.6 Å². The van der Waals surface area contributed by atoms with E-state index in [0.29, 0.717) is 55.9 Å². The number of anilines is 1. The first-order valence-electron chi connectivity index (χ1n) is 16.8. The molecule has 2 aliphatic heterocycles. The number of carbonyl (C=O) groups is 2. The van der Waals surface area contributed by atoms with E-state index in [0.717, 1.165) is 41.4 Å². The molecule has 48 heavy (non-hydrogen) atoms. The SMILES string of the molecule is CO[C@H]1/C=C/CCN(C)C(=O)C[C@](O)(C(=O)NS(=O)(=O)N(C)C)c2ccc3c(c2)N(CCCCC2C=C(Cl)C=CC2CO3)C[C@@H]2CC[C@H]21. The first-order valence-corrected chi connectivity index (χ1v) is 18.6. The van der Waals surface area contributed by atoms with Crippen LogP contribution < -0.4 is 14.4 Å². The van der Waals surface area contributed by atoms with Crippen molar-refractivity contribution in [3.63, 3.8) is 0 Å². The highest BCUT2D eigenvalue weighted by atomic mass is 35.5. The molecule has 1 aromatic carbocycles. The average molecular weight is 705 g/mol. The highest BCUT2D eigenvalue weighted by Crippen LogP contribution is 2.43. The Kier molecular flexibility index (Phi) is 11.6. The molecule has 13 heteroatoms. The highest BCUT2D eigenvalue weighted by Gasteiger charge is 2.44. The Morgan fingerprint density at radius 1 is 1.15 bits per heavy atom. The van der Waals surface area contributed by atoms with Gasteiger partial charge in [0.05, 0.1) is 24.8 Å². The van der Waals surface area contributed by atoms with Gasteiger partial charge < -0.3 is 24.4 Å². The number of allylic oxidation sites excluding steroid dienone is 3. The summed E-state index contributed by atoms with van der Waals surface area (Å²) >= 11 is 6.38. The topological polar surface area (TPSA) is 129 Å². The molecule has 4 aliphatic rings. The Morgan fingerprint density at radius 2 is 1.94 bits per heavy atom. The number of nitrogens with zero attached hydrogens (tertiary/aromatic N) is 3. The number of rotatable bonds is 4. The fourth-order valence-electron chi connectivity index (χ4n) is 7.06. The zero-order valence-corrected chi connectivity index (χ0v) is 29.9. The largest absolute Gasteiger partial charge is 0.491 e. The first-order chi connectivity index (χ1) is 22.8. The molecule has 2 unspecified atom stereocenters. The lowest BCUT2D eigenvalue weighted by atomic mass is 9.70. The van der Waals surface area contributed by atoms with Crippen LogP contribution in [-0.2, 0) is 30.1 Å². The molecule has 2 aliphatic carbocycles. The van der Waals surface area contributed by atoms with E-state index < -0.39 is 34.0 Å². The van der Waals surface area contributed by atoms with Crippen LogP contribution in [0, 0.1) is 23.7 Å². The Bertz CT molecular complexity index is 1550. The van der Waals surface area contributed by atoms with E-state index in [4.69, 9.17) is 21.1 Å². The number of methoxy groups -OCH3 is 1. The molecule has 0 spiro atoms. The van der Waals surface area contributed by atoms with E-state index in [9.17, 15) is 23.1 Å². The lowest BCUT2D eigenvalue weighted by molar-refractivity contribution is -0.148. The number of fused-ring (bicyclic) bond motifs is 3. The van der Waals surface area contributed by atoms with E-state index in [1.807, 2.05) is 16.9 Å². The smallest absolute Gasteiger partial charge is 0.303 e. The van der Waals surface area contributed by atoms with Gasteiger partial charge in [-0.05, 0) is 73.6 Å². The standard InChI is InChI=1S/C35H49ClN4O7S/c1-38(2)48(44,45)37-34(42)35(43)21-33(41)39(3)17-7-6-10-31(46-4)29-15-12-25(29)22-40-18-8-5-9-24-19-28(36)14-11-26(24)23-47-32-16-13-27(35)20-30(32)40/h6,10-11,13-14,16,19-20,24-26,29,31,43H,5,7-9,12,15,17-18,21-23H2,1-4H3,(H,37,42)/b10-6+/t24?,25-,26?,29+,31-,35+/m0/s1. The van der Waals surface area contributed by atoms with Crippen molar-refractivity contribution in [2.24, 2.45) is 23.7 Å². The fraction of sp³-hybridized carbons (Fsp3) is 0.600. The molecule has 5 rings (SSSR count). The maximum Gasteiger partial charge on any atom is 0.303 e. The Balaban J connectivity index is 1.61. The molecule has 1 aromatic rings. The van der Waals surface area contributed by atoms with Gasteiger partial charge in [-0.1, -0.05) is 48.4 Å². The number of hydrogen-bond acceptors (Lipinski definition) is 8. The monoisotopic (exact) mass is 704 g/mol. The minimum absolute atomic E-state index is 0.0532. The molecule has 264 valence electrons. The first kappa shape index (κ1) is 36.4. The van der Waals surface area contributed by atoms with Gasteiger partial charge in [-0.2, -0.15) is 12.7 Å². The van der Waals surface area contributed by atoms with E-state index >= 15 is 0 Å². The highest BCUT2D eigenvalue weighted by molar-refractivity contribution is 7.87. The van der Waals surface area contributed by atoms with Crippen LogP contribution in [0.15, 0.2) is 53.6 Å². The molecule has 0 saturated heterocycles. The Labute approximate surface area is 289 Å². The van der Waals surface area contributed by atoms with Gasteiger partial charge in [0.2, 0.25) is 5.91 Å². The second kappa shape index (κ2) is 15.3. The van der Waals surface area contributed by atoms with Crippen LogP contribution in [-0.4, -0.2) is 95.1 Å². The van der Waals surface area contributed by atoms with E-state index in [-0.39, 0.29) is 23.5 Å². The predicted molar refractivity (Wildman–Crippen MR) is 186 cm³/mol. The molecule has 11 nitrogen and oxygen atoms in total. The molecule has 2 N–H and O–H groups in total. The molecular weight excluding hydrogens is 656 g/mol. The number of aliphatic hydroxyl groups is 1. The minimum Gasteiger partial charge on any atom is -0.491 e. The summed E-state index contributed by atoms with van der Waals surface area (Å²) in [5.74, 6) is -0.128. The van der Waals surface area contributed by atoms with Crippen molar-refractivity contribution in [1.82, 2.24) is 13.9 Å². The third kappa shape index (κ3) is 8.10. The average Bonchev–Trinajstić information content (AvgIpc) is 3.06. The van der Waals surface area contributed by atoms with E-state index in [1.165, 1.54) is 19.0 Å². The number of nitrogens with one attached hydrogen (secondary N) is 1. The van der Waals surface area contributed by atoms with Crippen molar-refractivity contribution in [3.8, 4) is 5.75 Å². The van der Waals surface area contributed by atoms with Crippen LogP contribution in [0.4, 0.5) is 5.69 Å². The quantitative estimate of drug-likeness (QED) is 0.452. The van der Waals surface area contributed by atoms with Crippen molar-refractivity contribution in [2.45, 2.75) is 56.7 Å². The van der Waals surface area contributed by atoms with Crippen molar-refractivity contribution >= 4 is 39.3 Å². The second-order valence-electron chi connectivity index (χ2n) is 13.7. The molecule has 1 saturated carbocycles. The minimum atomic E-state index is -4.27. The van der Waals surface area contributed by atoms with Gasteiger partial charge in [-0.25, -0.2) is 4.72 Å². The number of carbonyl (C=O) groups excluding carboxylic acids is 2. The predicted octanol–water partition coefficient (Wildman–Crippen LogP) is 3.94. The summed E-state index contributed by atoms with van der Waals surface area (Å²) in [4.78, 5) is 31.0. The third-order valence-electron chi connectivity index (χ3n) is 10.3. The second-order valence-corrected chi connectivity index (χ2v) is 16.0. The fourth-order valence-corrected chi connectivity index (χ4v) is 7.88.